The summed E-state index contributed by atoms with van der Waals surface area (Å²) in [6.07, 6.45) is 6.03. The number of benzene rings is 1. The van der Waals surface area contributed by atoms with E-state index >= 15 is 0 Å². The summed E-state index contributed by atoms with van der Waals surface area (Å²) in [4.78, 5) is 26.4. The summed E-state index contributed by atoms with van der Waals surface area (Å²) in [5.41, 5.74) is 5.60. The summed E-state index contributed by atoms with van der Waals surface area (Å²) in [6, 6.07) is 10.1. The zero-order valence-electron chi connectivity index (χ0n) is 17.3. The molecule has 5 rings (SSSR count). The second-order valence-corrected chi connectivity index (χ2v) is 7.61. The summed E-state index contributed by atoms with van der Waals surface area (Å²) < 4.78 is 3.41. The first-order valence-electron chi connectivity index (χ1n) is 10.3. The largest absolute Gasteiger partial charge is 0.324 e. The van der Waals surface area contributed by atoms with Crippen molar-refractivity contribution in [1.82, 2.24) is 29.6 Å². The van der Waals surface area contributed by atoms with E-state index < -0.39 is 0 Å². The number of pyridine rings is 1. The van der Waals surface area contributed by atoms with Crippen LogP contribution in [0.15, 0.2) is 60.2 Å². The lowest BCUT2D eigenvalue weighted by Crippen LogP contribution is -2.23. The molecule has 8 heteroatoms. The van der Waals surface area contributed by atoms with E-state index in [4.69, 9.17) is 4.98 Å². The first kappa shape index (κ1) is 19.2. The maximum atomic E-state index is 13.0. The van der Waals surface area contributed by atoms with Crippen molar-refractivity contribution in [3.63, 3.8) is 0 Å². The molecule has 0 radical (unpaired) electrons. The second-order valence-electron chi connectivity index (χ2n) is 7.61. The SMILES string of the molecule is C=CCn1c(=O)c2cnc(Nc3ccc4c(c3)CNCC4)nc2n1-c1ccnc(C)c1. The molecule has 1 aromatic carbocycles. The lowest BCUT2D eigenvalue weighted by molar-refractivity contribution is 0.605. The van der Waals surface area contributed by atoms with Crippen molar-refractivity contribution in [3.8, 4) is 5.69 Å². The third-order valence-electron chi connectivity index (χ3n) is 5.45. The normalized spacial score (nSPS) is 13.2. The smallest absolute Gasteiger partial charge is 0.278 e. The van der Waals surface area contributed by atoms with Crippen LogP contribution in [0, 0.1) is 6.92 Å². The fourth-order valence-corrected chi connectivity index (χ4v) is 3.99. The molecular weight excluding hydrogens is 390 g/mol. The van der Waals surface area contributed by atoms with E-state index in [9.17, 15) is 4.79 Å². The van der Waals surface area contributed by atoms with E-state index in [-0.39, 0.29) is 5.56 Å². The number of fused-ring (bicyclic) bond motifs is 2. The van der Waals surface area contributed by atoms with Gasteiger partial charge in [0, 0.05) is 30.3 Å². The molecule has 31 heavy (non-hydrogen) atoms. The second kappa shape index (κ2) is 7.81. The molecule has 0 amide bonds. The number of hydrogen-bond donors (Lipinski definition) is 2. The first-order chi connectivity index (χ1) is 15.1. The van der Waals surface area contributed by atoms with Crippen LogP contribution in [0.1, 0.15) is 16.8 Å². The molecule has 0 saturated carbocycles. The Morgan fingerprint density at radius 1 is 1.23 bits per heavy atom. The molecule has 0 fully saturated rings. The first-order valence-corrected chi connectivity index (χ1v) is 10.3. The van der Waals surface area contributed by atoms with Crippen LogP contribution >= 0.6 is 0 Å². The highest BCUT2D eigenvalue weighted by Gasteiger charge is 2.17. The minimum absolute atomic E-state index is 0.157. The molecular formula is C23H23N7O. The Bertz CT molecular complexity index is 1350. The Morgan fingerprint density at radius 2 is 2.13 bits per heavy atom. The standard InChI is InChI=1S/C23H23N7O/c1-3-10-29-22(31)20-14-26-23(27-18-5-4-16-6-8-24-13-17(16)12-18)28-21(20)30(29)19-7-9-25-15(2)11-19/h3-5,7,9,11-12,14,24H,1,6,8,10,13H2,2H3,(H,26,27,28). The van der Waals surface area contributed by atoms with Crippen molar-refractivity contribution in [2.45, 2.75) is 26.4 Å². The number of nitrogens with one attached hydrogen (secondary N) is 2. The highest BCUT2D eigenvalue weighted by Crippen LogP contribution is 2.22. The van der Waals surface area contributed by atoms with Gasteiger partial charge in [-0.15, -0.1) is 6.58 Å². The van der Waals surface area contributed by atoms with E-state index in [0.717, 1.165) is 36.6 Å². The fourth-order valence-electron chi connectivity index (χ4n) is 3.99. The lowest BCUT2D eigenvalue weighted by atomic mass is 10.0. The molecule has 3 aromatic heterocycles. The number of aryl methyl sites for hydroxylation is 1. The van der Waals surface area contributed by atoms with Gasteiger partial charge in [-0.1, -0.05) is 12.1 Å². The van der Waals surface area contributed by atoms with Crippen LogP contribution in [0.25, 0.3) is 16.7 Å². The Balaban J connectivity index is 1.61. The van der Waals surface area contributed by atoms with Gasteiger partial charge in [-0.05, 0) is 55.3 Å². The van der Waals surface area contributed by atoms with Crippen molar-refractivity contribution in [2.24, 2.45) is 0 Å². The van der Waals surface area contributed by atoms with Crippen LogP contribution in [0.4, 0.5) is 11.6 Å². The predicted octanol–water partition coefficient (Wildman–Crippen LogP) is 2.86. The lowest BCUT2D eigenvalue weighted by Gasteiger charge is -2.18. The Kier molecular flexibility index (Phi) is 4.83. The van der Waals surface area contributed by atoms with Crippen LogP contribution in [-0.4, -0.2) is 30.9 Å². The van der Waals surface area contributed by atoms with Crippen molar-refractivity contribution < 1.29 is 0 Å². The van der Waals surface area contributed by atoms with Gasteiger partial charge in [0.2, 0.25) is 5.95 Å². The van der Waals surface area contributed by atoms with Gasteiger partial charge >= 0.3 is 0 Å². The number of nitrogens with zero attached hydrogens (tertiary/aromatic N) is 5. The maximum absolute atomic E-state index is 13.0. The van der Waals surface area contributed by atoms with E-state index in [1.807, 2.05) is 25.1 Å². The minimum atomic E-state index is -0.157. The average Bonchev–Trinajstić information content (AvgIpc) is 3.05. The molecule has 0 atom stereocenters. The van der Waals surface area contributed by atoms with E-state index in [1.165, 1.54) is 11.1 Å². The Labute approximate surface area is 179 Å². The number of aromatic nitrogens is 5. The van der Waals surface area contributed by atoms with Crippen LogP contribution in [0.2, 0.25) is 0 Å². The van der Waals surface area contributed by atoms with Gasteiger partial charge in [0.1, 0.15) is 5.39 Å². The molecule has 2 N–H and O–H groups in total. The molecule has 0 saturated heterocycles. The van der Waals surface area contributed by atoms with Gasteiger partial charge in [-0.3, -0.25) is 9.78 Å². The number of rotatable bonds is 5. The third kappa shape index (κ3) is 3.51. The van der Waals surface area contributed by atoms with Crippen molar-refractivity contribution in [1.29, 1.82) is 0 Å². The van der Waals surface area contributed by atoms with Crippen molar-refractivity contribution in [3.05, 3.63) is 82.6 Å². The van der Waals surface area contributed by atoms with Gasteiger partial charge in [-0.2, -0.15) is 4.98 Å². The molecule has 156 valence electrons. The monoisotopic (exact) mass is 413 g/mol. The summed E-state index contributed by atoms with van der Waals surface area (Å²) >= 11 is 0. The van der Waals surface area contributed by atoms with E-state index in [2.05, 4.69) is 39.3 Å². The summed E-state index contributed by atoms with van der Waals surface area (Å²) in [7, 11) is 0. The highest BCUT2D eigenvalue weighted by atomic mass is 16.1. The van der Waals surface area contributed by atoms with Crippen molar-refractivity contribution in [2.75, 3.05) is 11.9 Å². The molecule has 0 bridgehead atoms. The molecule has 0 spiro atoms. The molecule has 4 heterocycles. The fraction of sp³-hybridized carbons (Fsp3) is 0.217. The van der Waals surface area contributed by atoms with Gasteiger partial charge in [0.05, 0.1) is 12.2 Å². The summed E-state index contributed by atoms with van der Waals surface area (Å²) in [6.45, 7) is 7.93. The number of anilines is 2. The topological polar surface area (TPSA) is 89.7 Å². The van der Waals surface area contributed by atoms with Crippen molar-refractivity contribution >= 4 is 22.7 Å². The molecule has 4 aromatic rings. The Hall–Kier alpha value is -3.78. The van der Waals surface area contributed by atoms with Gasteiger partial charge in [-0.25, -0.2) is 14.3 Å². The zero-order chi connectivity index (χ0) is 21.4. The van der Waals surface area contributed by atoms with Gasteiger partial charge in [0.25, 0.3) is 5.56 Å². The molecule has 1 aliphatic rings. The summed E-state index contributed by atoms with van der Waals surface area (Å²) in [5, 5.41) is 7.14. The minimum Gasteiger partial charge on any atom is -0.324 e. The Morgan fingerprint density at radius 3 is 2.97 bits per heavy atom. The number of hydrogen-bond acceptors (Lipinski definition) is 6. The van der Waals surface area contributed by atoms with Crippen LogP contribution < -0.4 is 16.2 Å². The third-order valence-corrected chi connectivity index (χ3v) is 5.45. The van der Waals surface area contributed by atoms with E-state index in [0.29, 0.717) is 23.5 Å². The quantitative estimate of drug-likeness (QED) is 0.489. The molecule has 8 nitrogen and oxygen atoms in total. The van der Waals surface area contributed by atoms with Crippen LogP contribution in [0.5, 0.6) is 0 Å². The van der Waals surface area contributed by atoms with E-state index in [1.54, 1.807) is 27.8 Å². The average molecular weight is 413 g/mol. The number of allylic oxidation sites excluding steroid dienone is 1. The van der Waals surface area contributed by atoms with Gasteiger partial charge in [0.15, 0.2) is 5.65 Å². The van der Waals surface area contributed by atoms with Gasteiger partial charge < -0.3 is 10.6 Å². The van der Waals surface area contributed by atoms with Crippen LogP contribution in [0.3, 0.4) is 0 Å². The maximum Gasteiger partial charge on any atom is 0.278 e. The molecule has 1 aliphatic heterocycles. The predicted molar refractivity (Wildman–Crippen MR) is 121 cm³/mol. The molecule has 0 aliphatic carbocycles. The van der Waals surface area contributed by atoms with Crippen LogP contribution in [-0.2, 0) is 19.5 Å². The molecule has 0 unspecified atom stereocenters. The highest BCUT2D eigenvalue weighted by molar-refractivity contribution is 5.77. The zero-order valence-corrected chi connectivity index (χ0v) is 17.3. The summed E-state index contributed by atoms with van der Waals surface area (Å²) in [5.74, 6) is 0.437.